The molecule has 0 unspecified atom stereocenters. The number of nitrogens with one attached hydrogen (secondary N) is 1. The van der Waals surface area contributed by atoms with Crippen molar-refractivity contribution >= 4 is 21.7 Å². The van der Waals surface area contributed by atoms with Crippen molar-refractivity contribution in [3.63, 3.8) is 0 Å². The molecule has 1 aliphatic heterocycles. The Morgan fingerprint density at radius 1 is 1.12 bits per heavy atom. The third-order valence-corrected chi connectivity index (χ3v) is 6.07. The van der Waals surface area contributed by atoms with Crippen molar-refractivity contribution < 1.29 is 22.4 Å². The first-order valence-electron chi connectivity index (χ1n) is 7.81. The summed E-state index contributed by atoms with van der Waals surface area (Å²) in [6.07, 6.45) is 1.43. The Morgan fingerprint density at radius 2 is 1.84 bits per heavy atom. The fourth-order valence-electron chi connectivity index (χ4n) is 2.54. The lowest BCUT2D eigenvalue weighted by molar-refractivity contribution is -0.133. The van der Waals surface area contributed by atoms with Crippen LogP contribution in [0.1, 0.15) is 16.1 Å². The maximum absolute atomic E-state index is 12.2. The number of carbonyl (C=O) groups is 2. The van der Waals surface area contributed by atoms with E-state index in [0.717, 1.165) is 0 Å². The van der Waals surface area contributed by atoms with E-state index >= 15 is 0 Å². The summed E-state index contributed by atoms with van der Waals surface area (Å²) in [4.78, 5) is 25.4. The quantitative estimate of drug-likeness (QED) is 0.821. The molecule has 1 aliphatic rings. The Morgan fingerprint density at radius 3 is 2.48 bits per heavy atom. The van der Waals surface area contributed by atoms with E-state index in [4.69, 9.17) is 4.42 Å². The van der Waals surface area contributed by atoms with Gasteiger partial charge in [0.2, 0.25) is 5.91 Å². The van der Waals surface area contributed by atoms with E-state index in [0.29, 0.717) is 11.3 Å². The molecule has 2 heterocycles. The van der Waals surface area contributed by atoms with E-state index in [1.165, 1.54) is 11.2 Å². The highest BCUT2D eigenvalue weighted by Crippen LogP contribution is 2.20. The Hall–Kier alpha value is -2.61. The molecule has 0 atom stereocenters. The largest absolute Gasteiger partial charge is 0.468 e. The molecule has 0 bridgehead atoms. The minimum absolute atomic E-state index is 0.142. The molecule has 1 fully saturated rings. The molecule has 132 valence electrons. The predicted molar refractivity (Wildman–Crippen MR) is 90.5 cm³/mol. The van der Waals surface area contributed by atoms with Crippen LogP contribution in [0.5, 0.6) is 0 Å². The van der Waals surface area contributed by atoms with Gasteiger partial charge in [0.1, 0.15) is 11.5 Å². The van der Waals surface area contributed by atoms with E-state index in [-0.39, 0.29) is 37.2 Å². The van der Waals surface area contributed by atoms with E-state index < -0.39 is 15.1 Å². The van der Waals surface area contributed by atoms with Gasteiger partial charge >= 0.3 is 0 Å². The molecule has 2 amide bonds. The second kappa shape index (κ2) is 7.10. The van der Waals surface area contributed by atoms with Gasteiger partial charge in [0.25, 0.3) is 5.91 Å². The van der Waals surface area contributed by atoms with Crippen molar-refractivity contribution in [1.82, 2.24) is 10.2 Å². The average molecular weight is 362 g/mol. The van der Waals surface area contributed by atoms with Gasteiger partial charge in [-0.25, -0.2) is 8.42 Å². The second-order valence-electron chi connectivity index (χ2n) is 5.86. The van der Waals surface area contributed by atoms with Gasteiger partial charge in [-0.1, -0.05) is 18.2 Å². The van der Waals surface area contributed by atoms with Gasteiger partial charge in [-0.2, -0.15) is 0 Å². The molecule has 0 spiro atoms. The number of hydrogen-bond donors (Lipinski definition) is 1. The summed E-state index contributed by atoms with van der Waals surface area (Å²) in [5, 5.41) is 1.95. The minimum Gasteiger partial charge on any atom is -0.468 e. The summed E-state index contributed by atoms with van der Waals surface area (Å²) in [6, 6.07) is 11.8. The first kappa shape index (κ1) is 17.2. The van der Waals surface area contributed by atoms with Gasteiger partial charge < -0.3 is 14.6 Å². The Balaban J connectivity index is 1.46. The highest BCUT2D eigenvalue weighted by molar-refractivity contribution is 7.91. The third-order valence-electron chi connectivity index (χ3n) is 4.07. The highest BCUT2D eigenvalue weighted by Gasteiger charge is 2.39. The zero-order valence-corrected chi connectivity index (χ0v) is 14.2. The van der Waals surface area contributed by atoms with Crippen molar-refractivity contribution in [1.29, 1.82) is 0 Å². The number of rotatable bonds is 6. The van der Waals surface area contributed by atoms with E-state index in [2.05, 4.69) is 5.32 Å². The molecular weight excluding hydrogens is 344 g/mol. The van der Waals surface area contributed by atoms with Crippen LogP contribution < -0.4 is 5.32 Å². The van der Waals surface area contributed by atoms with E-state index in [1.54, 1.807) is 42.5 Å². The van der Waals surface area contributed by atoms with Crippen molar-refractivity contribution in [3.05, 3.63) is 60.1 Å². The van der Waals surface area contributed by atoms with Gasteiger partial charge in [-0.05, 0) is 24.3 Å². The number of nitrogens with zero attached hydrogens (tertiary/aromatic N) is 1. The maximum atomic E-state index is 12.2. The molecule has 0 radical (unpaired) electrons. The van der Waals surface area contributed by atoms with Gasteiger partial charge in [0, 0.05) is 18.7 Å². The fourth-order valence-corrected chi connectivity index (χ4v) is 4.15. The Bertz CT molecular complexity index is 840. The lowest BCUT2D eigenvalue weighted by atomic mass is 10.2. The summed E-state index contributed by atoms with van der Waals surface area (Å²) < 4.78 is 29.5. The summed E-state index contributed by atoms with van der Waals surface area (Å²) in [5.41, 5.74) is 0.470. The average Bonchev–Trinajstić information content (AvgIpc) is 3.03. The second-order valence-corrected chi connectivity index (χ2v) is 8.14. The first-order chi connectivity index (χ1) is 12.0. The number of hydrogen-bond acceptors (Lipinski definition) is 5. The van der Waals surface area contributed by atoms with Crippen LogP contribution in [-0.2, 0) is 20.4 Å². The summed E-state index contributed by atoms with van der Waals surface area (Å²) in [6.45, 7) is 0.130. The van der Waals surface area contributed by atoms with Gasteiger partial charge in [-0.3, -0.25) is 9.59 Å². The molecule has 7 nitrogen and oxygen atoms in total. The maximum Gasteiger partial charge on any atom is 0.251 e. The zero-order chi connectivity index (χ0) is 17.9. The molecule has 0 saturated carbocycles. The molecule has 8 heteroatoms. The number of likely N-dealkylation sites (tertiary alicyclic amines) is 1. The molecular formula is C17H18N2O5S. The van der Waals surface area contributed by atoms with E-state index in [1.807, 2.05) is 0 Å². The van der Waals surface area contributed by atoms with Gasteiger partial charge in [-0.15, -0.1) is 0 Å². The number of carbonyl (C=O) groups excluding carboxylic acids is 2. The van der Waals surface area contributed by atoms with Crippen molar-refractivity contribution in [3.8, 4) is 0 Å². The smallest absolute Gasteiger partial charge is 0.251 e. The van der Waals surface area contributed by atoms with Crippen LogP contribution >= 0.6 is 0 Å². The molecule has 2 aromatic rings. The van der Waals surface area contributed by atoms with Crippen LogP contribution in [0.25, 0.3) is 0 Å². The zero-order valence-electron chi connectivity index (χ0n) is 13.4. The standard InChI is InChI=1S/C17H18N2O5S/c20-16(9-18-17(21)13-5-2-1-3-6-13)19-10-15(11-19)25(22,23)12-14-7-4-8-24-14/h1-8,15H,9-12H2,(H,18,21). The van der Waals surface area contributed by atoms with Crippen molar-refractivity contribution in [2.24, 2.45) is 0 Å². The molecule has 3 rings (SSSR count). The van der Waals surface area contributed by atoms with Crippen LogP contribution in [0.4, 0.5) is 0 Å². The van der Waals surface area contributed by atoms with Crippen molar-refractivity contribution in [2.75, 3.05) is 19.6 Å². The number of furan rings is 1. The molecule has 1 N–H and O–H groups in total. The monoisotopic (exact) mass is 362 g/mol. The lowest BCUT2D eigenvalue weighted by Gasteiger charge is -2.38. The molecule has 0 aliphatic carbocycles. The third kappa shape index (κ3) is 4.08. The number of benzene rings is 1. The lowest BCUT2D eigenvalue weighted by Crippen LogP contribution is -2.58. The predicted octanol–water partition coefficient (Wildman–Crippen LogP) is 0.835. The summed E-state index contributed by atoms with van der Waals surface area (Å²) in [5.74, 6) is -0.414. The number of amides is 2. The fraction of sp³-hybridized carbons (Fsp3) is 0.294. The number of sulfone groups is 1. The minimum atomic E-state index is -3.36. The molecule has 1 aromatic heterocycles. The topological polar surface area (TPSA) is 96.7 Å². The van der Waals surface area contributed by atoms with Gasteiger partial charge in [0.15, 0.2) is 9.84 Å². The molecule has 1 aromatic carbocycles. The van der Waals surface area contributed by atoms with Gasteiger partial charge in [0.05, 0.1) is 18.1 Å². The summed E-state index contributed by atoms with van der Waals surface area (Å²) in [7, 11) is -3.36. The Labute approximate surface area is 145 Å². The highest BCUT2D eigenvalue weighted by atomic mass is 32.2. The van der Waals surface area contributed by atoms with Crippen LogP contribution in [0, 0.1) is 0 Å². The van der Waals surface area contributed by atoms with Crippen LogP contribution in [0.3, 0.4) is 0 Å². The van der Waals surface area contributed by atoms with Crippen molar-refractivity contribution in [2.45, 2.75) is 11.0 Å². The van der Waals surface area contributed by atoms with E-state index in [9.17, 15) is 18.0 Å². The normalized spacial score (nSPS) is 14.8. The Kier molecular flexibility index (Phi) is 4.89. The van der Waals surface area contributed by atoms with Crippen LogP contribution in [0.15, 0.2) is 53.1 Å². The summed E-state index contributed by atoms with van der Waals surface area (Å²) >= 11 is 0. The van der Waals surface area contributed by atoms with Crippen LogP contribution in [0.2, 0.25) is 0 Å². The van der Waals surface area contributed by atoms with Crippen LogP contribution in [-0.4, -0.2) is 50.0 Å². The molecule has 1 saturated heterocycles. The SMILES string of the molecule is O=C(NCC(=O)N1CC(S(=O)(=O)Cc2ccco2)C1)c1ccccc1. The molecule has 25 heavy (non-hydrogen) atoms. The first-order valence-corrected chi connectivity index (χ1v) is 9.52.